The minimum atomic E-state index is -0.106. The van der Waals surface area contributed by atoms with Crippen molar-refractivity contribution in [3.63, 3.8) is 0 Å². The molecule has 21 heavy (non-hydrogen) atoms. The summed E-state index contributed by atoms with van der Waals surface area (Å²) in [5.74, 6) is 0.329. The minimum Gasteiger partial charge on any atom is -0.274 e. The van der Waals surface area contributed by atoms with Gasteiger partial charge in [-0.25, -0.2) is 0 Å². The maximum absolute atomic E-state index is 12.7. The van der Waals surface area contributed by atoms with Crippen LogP contribution in [0.1, 0.15) is 37.3 Å². The number of hydrogen-bond acceptors (Lipinski definition) is 2. The largest absolute Gasteiger partial charge is 0.274 e. The van der Waals surface area contributed by atoms with Gasteiger partial charge >= 0.3 is 0 Å². The Labute approximate surface area is 133 Å². The van der Waals surface area contributed by atoms with Crippen molar-refractivity contribution in [2.24, 2.45) is 17.8 Å². The quantitative estimate of drug-likeness (QED) is 0.718. The predicted molar refractivity (Wildman–Crippen MR) is 86.1 cm³/mol. The van der Waals surface area contributed by atoms with Gasteiger partial charge in [0.15, 0.2) is 0 Å². The van der Waals surface area contributed by atoms with Crippen LogP contribution in [0.25, 0.3) is 0 Å². The first-order valence-corrected chi connectivity index (χ1v) is 8.34. The van der Waals surface area contributed by atoms with Gasteiger partial charge in [-0.2, -0.15) is 0 Å². The monoisotopic (exact) mass is 349 g/mol. The Bertz CT molecular complexity index is 602. The van der Waals surface area contributed by atoms with Crippen molar-refractivity contribution in [3.05, 3.63) is 27.7 Å². The third-order valence-corrected chi connectivity index (χ3v) is 6.12. The number of hydrogen-bond donors (Lipinski definition) is 0. The Morgan fingerprint density at radius 2 is 1.62 bits per heavy atom. The van der Waals surface area contributed by atoms with Crippen LogP contribution >= 0.6 is 15.9 Å². The van der Waals surface area contributed by atoms with Gasteiger partial charge in [0.2, 0.25) is 11.8 Å². The second kappa shape index (κ2) is 5.24. The number of amides is 2. The standard InChI is InChI=1S/C17H20BrNO2/c1-9-4-5-13-14(6-9)17(21)19(16(13)20)12-7-10(2)15(18)11(3)8-12/h7-9,13-14H,4-6H2,1-3H3/t9-,13+,14-/m1/s1. The Morgan fingerprint density at radius 1 is 1.05 bits per heavy atom. The zero-order valence-corrected chi connectivity index (χ0v) is 14.2. The van der Waals surface area contributed by atoms with E-state index in [1.54, 1.807) is 0 Å². The molecule has 3 atom stereocenters. The summed E-state index contributed by atoms with van der Waals surface area (Å²) in [7, 11) is 0. The number of rotatable bonds is 1. The van der Waals surface area contributed by atoms with E-state index < -0.39 is 0 Å². The maximum atomic E-state index is 12.7. The number of carbonyl (C=O) groups is 2. The van der Waals surface area contributed by atoms with Gasteiger partial charge in [0, 0.05) is 4.47 Å². The molecule has 1 aromatic rings. The lowest BCUT2D eigenvalue weighted by molar-refractivity contribution is -0.122. The summed E-state index contributed by atoms with van der Waals surface area (Å²) in [5, 5.41) is 0. The molecule has 4 heteroatoms. The van der Waals surface area contributed by atoms with E-state index in [9.17, 15) is 9.59 Å². The van der Waals surface area contributed by atoms with Gasteiger partial charge in [-0.3, -0.25) is 14.5 Å². The number of carbonyl (C=O) groups excluding carboxylic acids is 2. The Kier molecular flexibility index (Phi) is 3.68. The molecule has 0 N–H and O–H groups in total. The van der Waals surface area contributed by atoms with Crippen LogP contribution in [0, 0.1) is 31.6 Å². The summed E-state index contributed by atoms with van der Waals surface area (Å²) in [5.41, 5.74) is 2.83. The molecule has 1 heterocycles. The molecule has 2 amide bonds. The zero-order chi connectivity index (χ0) is 15.3. The lowest BCUT2D eigenvalue weighted by atomic mass is 9.76. The lowest BCUT2D eigenvalue weighted by Crippen LogP contribution is -2.31. The number of anilines is 1. The topological polar surface area (TPSA) is 37.4 Å². The lowest BCUT2D eigenvalue weighted by Gasteiger charge is -2.25. The number of fused-ring (bicyclic) bond motifs is 1. The number of aryl methyl sites for hydroxylation is 2. The van der Waals surface area contributed by atoms with Gasteiger partial charge in [0.25, 0.3) is 0 Å². The van der Waals surface area contributed by atoms with Crippen LogP contribution in [0.2, 0.25) is 0 Å². The van der Waals surface area contributed by atoms with E-state index >= 15 is 0 Å². The molecular formula is C17H20BrNO2. The molecule has 0 radical (unpaired) electrons. The van der Waals surface area contributed by atoms with Gasteiger partial charge in [-0.05, 0) is 62.3 Å². The molecule has 0 bridgehead atoms. The van der Waals surface area contributed by atoms with Crippen LogP contribution in [0.3, 0.4) is 0 Å². The van der Waals surface area contributed by atoms with Gasteiger partial charge < -0.3 is 0 Å². The van der Waals surface area contributed by atoms with Crippen LogP contribution < -0.4 is 4.90 Å². The van der Waals surface area contributed by atoms with Crippen molar-refractivity contribution in [2.45, 2.75) is 40.0 Å². The highest BCUT2D eigenvalue weighted by atomic mass is 79.9. The first-order chi connectivity index (χ1) is 9.90. The molecular weight excluding hydrogens is 330 g/mol. The minimum absolute atomic E-state index is 0.00183. The molecule has 2 fully saturated rings. The Balaban J connectivity index is 1.99. The van der Waals surface area contributed by atoms with Crippen LogP contribution in [0.4, 0.5) is 5.69 Å². The van der Waals surface area contributed by atoms with Crippen LogP contribution in [-0.2, 0) is 9.59 Å². The molecule has 0 unspecified atom stereocenters. The van der Waals surface area contributed by atoms with Crippen molar-refractivity contribution in [1.29, 1.82) is 0 Å². The highest BCUT2D eigenvalue weighted by Crippen LogP contribution is 2.42. The average Bonchev–Trinajstić information content (AvgIpc) is 2.67. The SMILES string of the molecule is Cc1cc(N2C(=O)[C@H]3CC[C@@H](C)C[C@H]3C2=O)cc(C)c1Br. The normalized spacial score (nSPS) is 29.0. The van der Waals surface area contributed by atoms with Gasteiger partial charge in [0.1, 0.15) is 0 Å². The second-order valence-corrected chi connectivity index (χ2v) is 7.33. The van der Waals surface area contributed by atoms with Gasteiger partial charge in [0.05, 0.1) is 17.5 Å². The van der Waals surface area contributed by atoms with Crippen molar-refractivity contribution in [2.75, 3.05) is 4.90 Å². The van der Waals surface area contributed by atoms with Crippen molar-refractivity contribution in [1.82, 2.24) is 0 Å². The van der Waals surface area contributed by atoms with E-state index in [0.29, 0.717) is 5.92 Å². The highest BCUT2D eigenvalue weighted by Gasteiger charge is 2.50. The zero-order valence-electron chi connectivity index (χ0n) is 12.6. The highest BCUT2D eigenvalue weighted by molar-refractivity contribution is 9.10. The van der Waals surface area contributed by atoms with E-state index in [4.69, 9.17) is 0 Å². The molecule has 1 saturated carbocycles. The Morgan fingerprint density at radius 3 is 2.24 bits per heavy atom. The molecule has 1 saturated heterocycles. The molecule has 1 aromatic carbocycles. The van der Waals surface area contributed by atoms with Crippen molar-refractivity contribution >= 4 is 33.4 Å². The van der Waals surface area contributed by atoms with Crippen molar-refractivity contribution in [3.8, 4) is 0 Å². The van der Waals surface area contributed by atoms with Crippen LogP contribution in [0.5, 0.6) is 0 Å². The first kappa shape index (κ1) is 14.8. The molecule has 1 aliphatic carbocycles. The fourth-order valence-electron chi connectivity index (χ4n) is 3.70. The third-order valence-electron chi connectivity index (χ3n) is 4.87. The van der Waals surface area contributed by atoms with E-state index in [2.05, 4.69) is 22.9 Å². The van der Waals surface area contributed by atoms with Crippen LogP contribution in [0.15, 0.2) is 16.6 Å². The summed E-state index contributed by atoms with van der Waals surface area (Å²) >= 11 is 3.53. The molecule has 112 valence electrons. The fraction of sp³-hybridized carbons (Fsp3) is 0.529. The fourth-order valence-corrected chi connectivity index (χ4v) is 3.93. The van der Waals surface area contributed by atoms with Crippen molar-refractivity contribution < 1.29 is 9.59 Å². The summed E-state index contributed by atoms with van der Waals surface area (Å²) in [4.78, 5) is 26.8. The molecule has 2 aliphatic rings. The molecule has 3 nitrogen and oxygen atoms in total. The van der Waals surface area contributed by atoms with E-state index in [-0.39, 0.29) is 23.7 Å². The summed E-state index contributed by atoms with van der Waals surface area (Å²) < 4.78 is 1.04. The summed E-state index contributed by atoms with van der Waals surface area (Å²) in [6.07, 6.45) is 2.74. The number of nitrogens with zero attached hydrogens (tertiary/aromatic N) is 1. The van der Waals surface area contributed by atoms with Crippen LogP contribution in [-0.4, -0.2) is 11.8 Å². The van der Waals surface area contributed by atoms with Gasteiger partial charge in [-0.1, -0.05) is 22.9 Å². The third kappa shape index (κ3) is 2.33. The van der Waals surface area contributed by atoms with E-state index in [1.807, 2.05) is 26.0 Å². The number of imide groups is 1. The first-order valence-electron chi connectivity index (χ1n) is 7.54. The van der Waals surface area contributed by atoms with E-state index in [1.165, 1.54) is 4.90 Å². The molecule has 3 rings (SSSR count). The summed E-state index contributed by atoms with van der Waals surface area (Å²) in [6.45, 7) is 6.14. The Hall–Kier alpha value is -1.16. The predicted octanol–water partition coefficient (Wildman–Crippen LogP) is 3.99. The number of halogens is 1. The van der Waals surface area contributed by atoms with E-state index in [0.717, 1.165) is 40.5 Å². The molecule has 1 aliphatic heterocycles. The average molecular weight is 350 g/mol. The second-order valence-electron chi connectivity index (χ2n) is 6.54. The van der Waals surface area contributed by atoms with Gasteiger partial charge in [-0.15, -0.1) is 0 Å². The molecule has 0 spiro atoms. The summed E-state index contributed by atoms with van der Waals surface area (Å²) in [6, 6.07) is 3.85. The molecule has 0 aromatic heterocycles. The number of benzene rings is 1. The smallest absolute Gasteiger partial charge is 0.237 e. The maximum Gasteiger partial charge on any atom is 0.237 e.